The van der Waals surface area contributed by atoms with E-state index in [1.807, 2.05) is 60.7 Å². The van der Waals surface area contributed by atoms with Gasteiger partial charge in [-0.2, -0.15) is 0 Å². The number of allylic oxidation sites excluding steroid dienone is 2. The van der Waals surface area contributed by atoms with Gasteiger partial charge in [-0.3, -0.25) is 0 Å². The minimum Gasteiger partial charge on any atom is -0.456 e. The smallest absolute Gasteiger partial charge is 0.135 e. The van der Waals surface area contributed by atoms with Crippen molar-refractivity contribution in [2.24, 2.45) is 5.73 Å². The first-order valence-corrected chi connectivity index (χ1v) is 10.2. The van der Waals surface area contributed by atoms with Gasteiger partial charge in [0.15, 0.2) is 0 Å². The van der Waals surface area contributed by atoms with Crippen molar-refractivity contribution in [3.8, 4) is 22.3 Å². The van der Waals surface area contributed by atoms with E-state index in [4.69, 9.17) is 15.9 Å². The third kappa shape index (κ3) is 3.47. The molecule has 150 valence electrons. The molecule has 0 aliphatic rings. The molecule has 0 saturated heterocycles. The molecule has 0 aliphatic heterocycles. The van der Waals surface area contributed by atoms with Crippen LogP contribution in [0.15, 0.2) is 108 Å². The molecule has 1 aromatic heterocycles. The Morgan fingerprint density at radius 2 is 1.39 bits per heavy atom. The van der Waals surface area contributed by atoms with Crippen LogP contribution in [0.4, 0.5) is 5.69 Å². The number of benzene rings is 4. The Labute approximate surface area is 180 Å². The minimum absolute atomic E-state index is 0.750. The second kappa shape index (κ2) is 7.88. The van der Waals surface area contributed by atoms with Crippen LogP contribution in [0.25, 0.3) is 50.3 Å². The molecule has 4 N–H and O–H groups in total. The van der Waals surface area contributed by atoms with E-state index in [9.17, 15) is 0 Å². The van der Waals surface area contributed by atoms with Gasteiger partial charge in [-0.25, -0.2) is 0 Å². The zero-order valence-electron chi connectivity index (χ0n) is 17.0. The normalized spacial score (nSPS) is 11.9. The van der Waals surface area contributed by atoms with E-state index >= 15 is 0 Å². The number of furan rings is 1. The van der Waals surface area contributed by atoms with Gasteiger partial charge < -0.3 is 15.9 Å². The maximum Gasteiger partial charge on any atom is 0.135 e. The van der Waals surface area contributed by atoms with E-state index in [2.05, 4.69) is 42.5 Å². The van der Waals surface area contributed by atoms with Crippen LogP contribution >= 0.6 is 0 Å². The highest BCUT2D eigenvalue weighted by molar-refractivity contribution is 6.06. The molecule has 0 bridgehead atoms. The van der Waals surface area contributed by atoms with E-state index in [1.165, 1.54) is 6.20 Å². The summed E-state index contributed by atoms with van der Waals surface area (Å²) in [7, 11) is 0. The van der Waals surface area contributed by atoms with Crippen LogP contribution in [0, 0.1) is 0 Å². The van der Waals surface area contributed by atoms with E-state index in [1.54, 1.807) is 0 Å². The van der Waals surface area contributed by atoms with E-state index in [-0.39, 0.29) is 0 Å². The summed E-state index contributed by atoms with van der Waals surface area (Å²) in [5.41, 5.74) is 19.8. The SMILES string of the molecule is N/C=C\C=C/c1ccc(-c2ccc3oc4ccccc4c3c2)cc1-c1ccccc1N. The fraction of sp³-hybridized carbons (Fsp3) is 0. The molecule has 5 rings (SSSR count). The molecule has 0 radical (unpaired) electrons. The van der Waals surface area contributed by atoms with Crippen LogP contribution in [0.2, 0.25) is 0 Å². The summed E-state index contributed by atoms with van der Waals surface area (Å²) in [4.78, 5) is 0. The van der Waals surface area contributed by atoms with E-state index in [0.717, 1.165) is 55.4 Å². The zero-order valence-corrected chi connectivity index (χ0v) is 17.0. The summed E-state index contributed by atoms with van der Waals surface area (Å²) in [6.45, 7) is 0. The molecular formula is C28H22N2O. The van der Waals surface area contributed by atoms with Crippen molar-refractivity contribution in [2.45, 2.75) is 0 Å². The third-order valence-corrected chi connectivity index (χ3v) is 5.51. The molecule has 31 heavy (non-hydrogen) atoms. The number of hydrogen-bond acceptors (Lipinski definition) is 3. The quantitative estimate of drug-likeness (QED) is 0.251. The van der Waals surface area contributed by atoms with Crippen LogP contribution in [0.3, 0.4) is 0 Å². The molecule has 0 unspecified atom stereocenters. The van der Waals surface area contributed by atoms with Gasteiger partial charge in [0.2, 0.25) is 0 Å². The Balaban J connectivity index is 1.68. The van der Waals surface area contributed by atoms with Gasteiger partial charge in [-0.15, -0.1) is 0 Å². The lowest BCUT2D eigenvalue weighted by Crippen LogP contribution is -1.92. The lowest BCUT2D eigenvalue weighted by molar-refractivity contribution is 0.669. The highest BCUT2D eigenvalue weighted by atomic mass is 16.3. The molecule has 0 spiro atoms. The molecule has 3 nitrogen and oxygen atoms in total. The molecule has 0 fully saturated rings. The second-order valence-corrected chi connectivity index (χ2v) is 7.44. The fourth-order valence-corrected chi connectivity index (χ4v) is 3.99. The zero-order chi connectivity index (χ0) is 21.2. The van der Waals surface area contributed by atoms with E-state index < -0.39 is 0 Å². The molecule has 0 saturated carbocycles. The van der Waals surface area contributed by atoms with Gasteiger partial charge in [0.05, 0.1) is 0 Å². The monoisotopic (exact) mass is 402 g/mol. The molecule has 0 aliphatic carbocycles. The van der Waals surface area contributed by atoms with Crippen LogP contribution in [0.1, 0.15) is 5.56 Å². The first-order chi connectivity index (χ1) is 15.2. The van der Waals surface area contributed by atoms with Crippen molar-refractivity contribution in [2.75, 3.05) is 5.73 Å². The summed E-state index contributed by atoms with van der Waals surface area (Å²) in [5, 5.41) is 2.24. The number of para-hydroxylation sites is 2. The second-order valence-electron chi connectivity index (χ2n) is 7.44. The number of nitrogens with two attached hydrogens (primary N) is 2. The highest BCUT2D eigenvalue weighted by Crippen LogP contribution is 2.36. The Morgan fingerprint density at radius 3 is 2.26 bits per heavy atom. The number of hydrogen-bond donors (Lipinski definition) is 2. The van der Waals surface area contributed by atoms with Gasteiger partial charge >= 0.3 is 0 Å². The average molecular weight is 402 g/mol. The fourth-order valence-electron chi connectivity index (χ4n) is 3.99. The van der Waals surface area contributed by atoms with Gasteiger partial charge in [0, 0.05) is 22.0 Å². The molecule has 0 amide bonds. The number of nitrogen functional groups attached to an aromatic ring is 1. The topological polar surface area (TPSA) is 65.2 Å². The maximum atomic E-state index is 6.32. The minimum atomic E-state index is 0.750. The Hall–Kier alpha value is -4.24. The molecule has 4 aromatic carbocycles. The summed E-state index contributed by atoms with van der Waals surface area (Å²) in [6.07, 6.45) is 7.30. The standard InChI is InChI=1S/C28H22N2O/c29-16-6-5-7-19-12-13-20(17-24(19)22-8-1-3-10-26(22)30)21-14-15-28-25(18-21)23-9-2-4-11-27(23)31-28/h1-18H,29-30H2/b7-5-,16-6-. The van der Waals surface area contributed by atoms with Crippen molar-refractivity contribution < 1.29 is 4.42 Å². The predicted octanol–water partition coefficient (Wildman–Crippen LogP) is 6.99. The average Bonchev–Trinajstić information content (AvgIpc) is 3.18. The van der Waals surface area contributed by atoms with Gasteiger partial charge in [-0.05, 0) is 64.9 Å². The molecule has 1 heterocycles. The lowest BCUT2D eigenvalue weighted by Gasteiger charge is -2.12. The largest absolute Gasteiger partial charge is 0.456 e. The molecule has 3 heteroatoms. The van der Waals surface area contributed by atoms with Crippen molar-refractivity contribution in [3.05, 3.63) is 109 Å². The molecule has 5 aromatic rings. The van der Waals surface area contributed by atoms with E-state index in [0.29, 0.717) is 0 Å². The van der Waals surface area contributed by atoms with Crippen molar-refractivity contribution in [3.63, 3.8) is 0 Å². The van der Waals surface area contributed by atoms with Crippen LogP contribution in [-0.2, 0) is 0 Å². The summed E-state index contributed by atoms with van der Waals surface area (Å²) < 4.78 is 5.98. The first kappa shape index (κ1) is 18.8. The molecular weight excluding hydrogens is 380 g/mol. The van der Waals surface area contributed by atoms with Gasteiger partial charge in [0.25, 0.3) is 0 Å². The van der Waals surface area contributed by atoms with Crippen LogP contribution in [0.5, 0.6) is 0 Å². The molecule has 0 atom stereocenters. The summed E-state index contributed by atoms with van der Waals surface area (Å²) in [5.74, 6) is 0. The van der Waals surface area contributed by atoms with Crippen LogP contribution < -0.4 is 11.5 Å². The van der Waals surface area contributed by atoms with Crippen LogP contribution in [-0.4, -0.2) is 0 Å². The summed E-state index contributed by atoms with van der Waals surface area (Å²) >= 11 is 0. The number of fused-ring (bicyclic) bond motifs is 3. The van der Waals surface area contributed by atoms with Crippen molar-refractivity contribution >= 4 is 33.7 Å². The lowest BCUT2D eigenvalue weighted by atomic mass is 9.93. The Morgan fingerprint density at radius 1 is 0.645 bits per heavy atom. The van der Waals surface area contributed by atoms with Gasteiger partial charge in [-0.1, -0.05) is 66.7 Å². The highest BCUT2D eigenvalue weighted by Gasteiger charge is 2.11. The van der Waals surface area contributed by atoms with Crippen molar-refractivity contribution in [1.82, 2.24) is 0 Å². The Bertz CT molecular complexity index is 1460. The predicted molar refractivity (Wildman–Crippen MR) is 131 cm³/mol. The van der Waals surface area contributed by atoms with Gasteiger partial charge in [0.1, 0.15) is 11.2 Å². The Kier molecular flexibility index (Phi) is 4.77. The third-order valence-electron chi connectivity index (χ3n) is 5.51. The number of rotatable bonds is 4. The summed E-state index contributed by atoms with van der Waals surface area (Å²) in [6, 6.07) is 28.9. The first-order valence-electron chi connectivity index (χ1n) is 10.2. The number of anilines is 1. The van der Waals surface area contributed by atoms with Crippen molar-refractivity contribution in [1.29, 1.82) is 0 Å². The maximum absolute atomic E-state index is 6.32.